The van der Waals surface area contributed by atoms with E-state index in [-0.39, 0.29) is 11.9 Å². The van der Waals surface area contributed by atoms with Gasteiger partial charge in [0.25, 0.3) is 0 Å². The Kier molecular flexibility index (Phi) is 2.61. The molecule has 3 aromatic rings. The smallest absolute Gasteiger partial charge is 0.227 e. The summed E-state index contributed by atoms with van der Waals surface area (Å²) in [5.41, 5.74) is 4.53. The Hall–Kier alpha value is -2.55. The van der Waals surface area contributed by atoms with Crippen molar-refractivity contribution in [1.29, 1.82) is 0 Å². The Morgan fingerprint density at radius 3 is 2.57 bits per heavy atom. The van der Waals surface area contributed by atoms with E-state index < -0.39 is 0 Å². The molecule has 2 aromatic carbocycles. The van der Waals surface area contributed by atoms with E-state index in [0.29, 0.717) is 6.42 Å². The molecule has 0 fully saturated rings. The van der Waals surface area contributed by atoms with Crippen molar-refractivity contribution < 1.29 is 4.79 Å². The highest BCUT2D eigenvalue weighted by Gasteiger charge is 2.33. The summed E-state index contributed by atoms with van der Waals surface area (Å²) in [5, 5.41) is 1.16. The second-order valence-corrected chi connectivity index (χ2v) is 5.56. The van der Waals surface area contributed by atoms with Gasteiger partial charge in [-0.2, -0.15) is 0 Å². The van der Waals surface area contributed by atoms with Crippen molar-refractivity contribution in [3.63, 3.8) is 0 Å². The van der Waals surface area contributed by atoms with Crippen LogP contribution >= 0.6 is 0 Å². The third-order valence-corrected chi connectivity index (χ3v) is 4.34. The van der Waals surface area contributed by atoms with Gasteiger partial charge in [0.15, 0.2) is 0 Å². The van der Waals surface area contributed by atoms with Gasteiger partial charge in [-0.1, -0.05) is 48.5 Å². The van der Waals surface area contributed by atoms with E-state index in [1.54, 1.807) is 0 Å². The van der Waals surface area contributed by atoms with Gasteiger partial charge in [0.2, 0.25) is 5.91 Å². The van der Waals surface area contributed by atoms with Crippen LogP contribution in [0.4, 0.5) is 0 Å². The lowest BCUT2D eigenvalue weighted by molar-refractivity contribution is -0.131. The summed E-state index contributed by atoms with van der Waals surface area (Å²) in [6.45, 7) is 0. The van der Waals surface area contributed by atoms with Crippen molar-refractivity contribution in [2.45, 2.75) is 12.5 Å². The highest BCUT2D eigenvalue weighted by Crippen LogP contribution is 2.37. The Balaban J connectivity index is 1.98. The summed E-state index contributed by atoms with van der Waals surface area (Å²) in [6, 6.07) is 18.4. The maximum absolute atomic E-state index is 12.4. The molecule has 3 heteroatoms. The third-order valence-electron chi connectivity index (χ3n) is 4.34. The summed E-state index contributed by atoms with van der Waals surface area (Å²) in [4.78, 5) is 17.8. The summed E-state index contributed by atoms with van der Waals surface area (Å²) in [5.74, 6) is 0.168. The molecule has 0 radical (unpaired) electrons. The van der Waals surface area contributed by atoms with Crippen molar-refractivity contribution in [1.82, 2.24) is 9.88 Å². The molecule has 0 aliphatic carbocycles. The number of carbonyl (C=O) groups is 1. The molecule has 1 unspecified atom stereocenters. The average Bonchev–Trinajstić information content (AvgIpc) is 2.87. The monoisotopic (exact) mass is 276 g/mol. The van der Waals surface area contributed by atoms with E-state index in [1.165, 1.54) is 0 Å². The van der Waals surface area contributed by atoms with E-state index in [2.05, 4.69) is 29.2 Å². The molecule has 2 heterocycles. The first-order chi connectivity index (χ1) is 10.3. The Labute approximate surface area is 123 Å². The molecule has 0 saturated heterocycles. The number of fused-ring (bicyclic) bond motifs is 3. The predicted molar refractivity (Wildman–Crippen MR) is 83.1 cm³/mol. The maximum atomic E-state index is 12.4. The van der Waals surface area contributed by atoms with Crippen LogP contribution in [0.5, 0.6) is 0 Å². The van der Waals surface area contributed by atoms with Gasteiger partial charge in [0.1, 0.15) is 0 Å². The number of benzene rings is 2. The van der Waals surface area contributed by atoms with Crippen molar-refractivity contribution in [2.75, 3.05) is 7.05 Å². The quantitative estimate of drug-likeness (QED) is 0.727. The number of nitrogens with one attached hydrogen (secondary N) is 1. The number of aromatic amines is 1. The summed E-state index contributed by atoms with van der Waals surface area (Å²) >= 11 is 0. The normalized spacial score (nSPS) is 18.0. The minimum absolute atomic E-state index is 0.0325. The number of carbonyl (C=O) groups excluding carboxylic acids is 1. The zero-order valence-electron chi connectivity index (χ0n) is 11.8. The lowest BCUT2D eigenvalue weighted by atomic mass is 9.92. The number of amides is 1. The van der Waals surface area contributed by atoms with E-state index in [4.69, 9.17) is 0 Å². The predicted octanol–water partition coefficient (Wildman–Crippen LogP) is 3.27. The van der Waals surface area contributed by atoms with E-state index in [1.807, 2.05) is 42.3 Å². The number of hydrogen-bond acceptors (Lipinski definition) is 1. The second-order valence-electron chi connectivity index (χ2n) is 5.56. The van der Waals surface area contributed by atoms with Gasteiger partial charge in [-0.3, -0.25) is 4.79 Å². The van der Waals surface area contributed by atoms with Crippen LogP contribution < -0.4 is 0 Å². The molecule has 3 nitrogen and oxygen atoms in total. The summed E-state index contributed by atoms with van der Waals surface area (Å²) in [6.07, 6.45) is 0.471. The zero-order valence-corrected chi connectivity index (χ0v) is 11.8. The number of rotatable bonds is 1. The minimum atomic E-state index is -0.0325. The SMILES string of the molecule is CN1C(=O)Cc2c([nH]c3ccccc23)C1c1ccccc1. The molecular weight excluding hydrogens is 260 g/mol. The van der Waals surface area contributed by atoms with Crippen LogP contribution in [0.2, 0.25) is 0 Å². The van der Waals surface area contributed by atoms with Crippen LogP contribution in [0, 0.1) is 0 Å². The van der Waals surface area contributed by atoms with Crippen LogP contribution in [0.15, 0.2) is 54.6 Å². The molecule has 0 saturated carbocycles. The summed E-state index contributed by atoms with van der Waals surface area (Å²) in [7, 11) is 1.88. The van der Waals surface area contributed by atoms with Gasteiger partial charge in [-0.05, 0) is 17.2 Å². The number of likely N-dealkylation sites (N-methyl/N-ethyl adjacent to an activating group) is 1. The standard InChI is InChI=1S/C18H16N2O/c1-20-16(21)11-14-13-9-5-6-10-15(13)19-17(14)18(20)12-7-3-2-4-8-12/h2-10,18-19H,11H2,1H3. The van der Waals surface area contributed by atoms with Crippen LogP contribution in [0.25, 0.3) is 10.9 Å². The first kappa shape index (κ1) is 12.2. The molecule has 0 bridgehead atoms. The highest BCUT2D eigenvalue weighted by atomic mass is 16.2. The molecule has 4 rings (SSSR count). The van der Waals surface area contributed by atoms with Gasteiger partial charge in [0.05, 0.1) is 12.5 Å². The van der Waals surface area contributed by atoms with Gasteiger partial charge < -0.3 is 9.88 Å². The molecule has 21 heavy (non-hydrogen) atoms. The lowest BCUT2D eigenvalue weighted by Crippen LogP contribution is -2.37. The minimum Gasteiger partial charge on any atom is -0.356 e. The number of nitrogens with zero attached hydrogens (tertiary/aromatic N) is 1. The first-order valence-corrected chi connectivity index (χ1v) is 7.16. The van der Waals surface area contributed by atoms with E-state index in [0.717, 1.165) is 27.7 Å². The lowest BCUT2D eigenvalue weighted by Gasteiger charge is -2.33. The molecule has 1 N–H and O–H groups in total. The van der Waals surface area contributed by atoms with Gasteiger partial charge in [-0.25, -0.2) is 0 Å². The number of hydrogen-bond donors (Lipinski definition) is 1. The number of H-pyrrole nitrogens is 1. The van der Waals surface area contributed by atoms with Gasteiger partial charge in [-0.15, -0.1) is 0 Å². The zero-order chi connectivity index (χ0) is 14.4. The highest BCUT2D eigenvalue weighted by molar-refractivity contribution is 5.92. The van der Waals surface area contributed by atoms with Crippen LogP contribution in [-0.4, -0.2) is 22.8 Å². The fourth-order valence-corrected chi connectivity index (χ4v) is 3.28. The molecule has 1 amide bonds. The van der Waals surface area contributed by atoms with Crippen molar-refractivity contribution in [3.8, 4) is 0 Å². The van der Waals surface area contributed by atoms with Gasteiger partial charge >= 0.3 is 0 Å². The van der Waals surface area contributed by atoms with Crippen molar-refractivity contribution in [3.05, 3.63) is 71.4 Å². The number of para-hydroxylation sites is 1. The maximum Gasteiger partial charge on any atom is 0.227 e. The topological polar surface area (TPSA) is 36.1 Å². The third kappa shape index (κ3) is 1.77. The van der Waals surface area contributed by atoms with Crippen LogP contribution in [0.1, 0.15) is 22.9 Å². The molecule has 0 spiro atoms. The average molecular weight is 276 g/mol. The fraction of sp³-hybridized carbons (Fsp3) is 0.167. The van der Waals surface area contributed by atoms with Crippen molar-refractivity contribution >= 4 is 16.8 Å². The van der Waals surface area contributed by atoms with Gasteiger partial charge in [0, 0.05) is 23.6 Å². The Bertz CT molecular complexity index is 820. The largest absolute Gasteiger partial charge is 0.356 e. The van der Waals surface area contributed by atoms with Crippen LogP contribution in [-0.2, 0) is 11.2 Å². The van der Waals surface area contributed by atoms with E-state index >= 15 is 0 Å². The first-order valence-electron chi connectivity index (χ1n) is 7.16. The molecular formula is C18H16N2O. The molecule has 104 valence electrons. The van der Waals surface area contributed by atoms with Crippen molar-refractivity contribution in [2.24, 2.45) is 0 Å². The molecule has 1 aliphatic rings. The Morgan fingerprint density at radius 2 is 1.76 bits per heavy atom. The molecule has 1 aliphatic heterocycles. The Morgan fingerprint density at radius 1 is 1.05 bits per heavy atom. The summed E-state index contributed by atoms with van der Waals surface area (Å²) < 4.78 is 0. The number of aromatic nitrogens is 1. The molecule has 1 atom stereocenters. The van der Waals surface area contributed by atoms with E-state index in [9.17, 15) is 4.79 Å². The van der Waals surface area contributed by atoms with Crippen LogP contribution in [0.3, 0.4) is 0 Å². The second kappa shape index (κ2) is 4.48. The fourth-order valence-electron chi connectivity index (χ4n) is 3.28. The molecule has 1 aromatic heterocycles.